The van der Waals surface area contributed by atoms with Crippen LogP contribution >= 0.6 is 0 Å². The summed E-state index contributed by atoms with van der Waals surface area (Å²) >= 11 is 0. The van der Waals surface area contributed by atoms with Gasteiger partial charge in [-0.1, -0.05) is 13.3 Å². The van der Waals surface area contributed by atoms with E-state index in [0.29, 0.717) is 32.0 Å². The van der Waals surface area contributed by atoms with E-state index in [1.807, 2.05) is 0 Å². The number of likely N-dealkylation sites (tertiary alicyclic amines) is 1. The van der Waals surface area contributed by atoms with Crippen LogP contribution in [-0.2, 0) is 14.8 Å². The first-order valence-electron chi connectivity index (χ1n) is 11.2. The highest BCUT2D eigenvalue weighted by Gasteiger charge is 2.33. The summed E-state index contributed by atoms with van der Waals surface area (Å²) in [6.45, 7) is 5.55. The van der Waals surface area contributed by atoms with E-state index in [0.717, 1.165) is 31.6 Å². The summed E-state index contributed by atoms with van der Waals surface area (Å²) in [6.07, 6.45) is 7.24. The van der Waals surface area contributed by atoms with Gasteiger partial charge in [0, 0.05) is 32.2 Å². The van der Waals surface area contributed by atoms with E-state index in [1.165, 1.54) is 42.1 Å². The molecule has 30 heavy (non-hydrogen) atoms. The van der Waals surface area contributed by atoms with Crippen LogP contribution in [-0.4, -0.2) is 62.3 Å². The number of rotatable bonds is 8. The molecule has 2 aliphatic heterocycles. The lowest BCUT2D eigenvalue weighted by atomic mass is 9.98. The van der Waals surface area contributed by atoms with Crippen LogP contribution in [0.1, 0.15) is 51.9 Å². The van der Waals surface area contributed by atoms with Crippen molar-refractivity contribution in [2.75, 3.05) is 32.7 Å². The first-order chi connectivity index (χ1) is 14.4. The third-order valence-corrected chi connectivity index (χ3v) is 8.23. The van der Waals surface area contributed by atoms with Gasteiger partial charge in [-0.25, -0.2) is 12.8 Å². The first kappa shape index (κ1) is 23.2. The molecule has 2 heterocycles. The van der Waals surface area contributed by atoms with E-state index < -0.39 is 15.8 Å². The molecular weight excluding hydrogens is 405 g/mol. The smallest absolute Gasteiger partial charge is 0.243 e. The van der Waals surface area contributed by atoms with Crippen molar-refractivity contribution in [2.24, 2.45) is 5.92 Å². The zero-order chi connectivity index (χ0) is 21.6. The fourth-order valence-electron chi connectivity index (χ4n) is 4.59. The first-order valence-corrected chi connectivity index (χ1v) is 12.6. The summed E-state index contributed by atoms with van der Waals surface area (Å²) in [5.74, 6) is -0.883. The van der Waals surface area contributed by atoms with E-state index in [1.54, 1.807) is 0 Å². The zero-order valence-electron chi connectivity index (χ0n) is 17.9. The van der Waals surface area contributed by atoms with Gasteiger partial charge in [0.2, 0.25) is 15.9 Å². The fourth-order valence-corrected chi connectivity index (χ4v) is 6.11. The van der Waals surface area contributed by atoms with Crippen LogP contribution in [0.15, 0.2) is 29.2 Å². The van der Waals surface area contributed by atoms with Gasteiger partial charge in [0.05, 0.1) is 10.8 Å². The fraction of sp³-hybridized carbons (Fsp3) is 0.682. The molecule has 6 nitrogen and oxygen atoms in total. The summed E-state index contributed by atoms with van der Waals surface area (Å²) in [7, 11) is -3.71. The Bertz CT molecular complexity index is 800. The lowest BCUT2D eigenvalue weighted by molar-refractivity contribution is -0.126. The quantitative estimate of drug-likeness (QED) is 0.632. The van der Waals surface area contributed by atoms with Gasteiger partial charge in [-0.3, -0.25) is 4.79 Å². The molecule has 2 atom stereocenters. The predicted octanol–water partition coefficient (Wildman–Crippen LogP) is 3.00. The molecule has 1 aromatic carbocycles. The maximum Gasteiger partial charge on any atom is 0.243 e. The molecule has 3 rings (SSSR count). The molecule has 0 unspecified atom stereocenters. The van der Waals surface area contributed by atoms with Gasteiger partial charge < -0.3 is 10.2 Å². The average Bonchev–Trinajstić information content (AvgIpc) is 2.77. The summed E-state index contributed by atoms with van der Waals surface area (Å²) < 4.78 is 40.1. The largest absolute Gasteiger partial charge is 0.356 e. The molecule has 1 amide bonds. The van der Waals surface area contributed by atoms with Crippen LogP contribution in [0, 0.1) is 11.7 Å². The zero-order valence-corrected chi connectivity index (χ0v) is 18.7. The number of carbonyl (C=O) groups is 1. The lowest BCUT2D eigenvalue weighted by Gasteiger charge is -2.35. The summed E-state index contributed by atoms with van der Waals surface area (Å²) in [6, 6.07) is 5.51. The maximum absolute atomic E-state index is 13.1. The maximum atomic E-state index is 13.1. The number of sulfonamides is 1. The van der Waals surface area contributed by atoms with Crippen LogP contribution in [0.3, 0.4) is 0 Å². The summed E-state index contributed by atoms with van der Waals surface area (Å²) in [5.41, 5.74) is 0. The Hall–Kier alpha value is -1.51. The van der Waals surface area contributed by atoms with Crippen LogP contribution in [0.25, 0.3) is 0 Å². The van der Waals surface area contributed by atoms with E-state index in [4.69, 9.17) is 0 Å². The molecule has 2 fully saturated rings. The molecule has 0 spiro atoms. The number of hydrogen-bond acceptors (Lipinski definition) is 4. The molecule has 1 N–H and O–H groups in total. The molecule has 0 saturated carbocycles. The average molecular weight is 440 g/mol. The molecule has 168 valence electrons. The molecule has 8 heteroatoms. The Kier molecular flexibility index (Phi) is 8.25. The van der Waals surface area contributed by atoms with Gasteiger partial charge in [0.25, 0.3) is 0 Å². The van der Waals surface area contributed by atoms with Crippen LogP contribution in [0.5, 0.6) is 0 Å². The summed E-state index contributed by atoms with van der Waals surface area (Å²) in [4.78, 5) is 15.2. The second kappa shape index (κ2) is 10.7. The van der Waals surface area contributed by atoms with E-state index in [9.17, 15) is 17.6 Å². The standard InChI is InChI=1S/C22H34FN3O3S/c1-2-20-8-3-4-14-25(20)15-6-13-24-22(27)18-7-5-16-26(17-18)30(28,29)21-11-9-19(23)10-12-21/h9-12,18,20H,2-8,13-17H2,1H3,(H,24,27)/t18-,20+/m1/s1. The highest BCUT2D eigenvalue weighted by molar-refractivity contribution is 7.89. The molecule has 1 aromatic rings. The molecule has 0 radical (unpaired) electrons. The van der Waals surface area contributed by atoms with Crippen LogP contribution in [0.2, 0.25) is 0 Å². The Labute approximate surface area is 179 Å². The second-order valence-corrected chi connectivity index (χ2v) is 10.3. The Morgan fingerprint density at radius 2 is 1.90 bits per heavy atom. The topological polar surface area (TPSA) is 69.7 Å². The van der Waals surface area contributed by atoms with E-state index in [-0.39, 0.29) is 23.3 Å². The van der Waals surface area contributed by atoms with Gasteiger partial charge in [0.1, 0.15) is 5.82 Å². The number of amides is 1. The normalized spacial score (nSPS) is 23.9. The third kappa shape index (κ3) is 5.80. The van der Waals surface area contributed by atoms with Gasteiger partial charge in [0.15, 0.2) is 0 Å². The van der Waals surface area contributed by atoms with Gasteiger partial charge >= 0.3 is 0 Å². The van der Waals surface area contributed by atoms with Crippen molar-refractivity contribution in [1.82, 2.24) is 14.5 Å². The van der Waals surface area contributed by atoms with Crippen molar-refractivity contribution < 1.29 is 17.6 Å². The Morgan fingerprint density at radius 1 is 1.13 bits per heavy atom. The molecular formula is C22H34FN3O3S. The van der Waals surface area contributed by atoms with Gasteiger partial charge in [-0.15, -0.1) is 0 Å². The minimum atomic E-state index is -3.71. The van der Waals surface area contributed by atoms with E-state index >= 15 is 0 Å². The highest BCUT2D eigenvalue weighted by Crippen LogP contribution is 2.24. The van der Waals surface area contributed by atoms with Crippen molar-refractivity contribution in [3.8, 4) is 0 Å². The van der Waals surface area contributed by atoms with Gasteiger partial charge in [-0.05, 0) is 69.3 Å². The molecule has 2 saturated heterocycles. The number of halogens is 1. The lowest BCUT2D eigenvalue weighted by Crippen LogP contribution is -2.46. The van der Waals surface area contributed by atoms with Crippen molar-refractivity contribution in [2.45, 2.75) is 62.8 Å². The number of nitrogens with zero attached hydrogens (tertiary/aromatic N) is 2. The van der Waals surface area contributed by atoms with Gasteiger partial charge in [-0.2, -0.15) is 4.31 Å². The molecule has 0 bridgehead atoms. The minimum Gasteiger partial charge on any atom is -0.356 e. The monoisotopic (exact) mass is 439 g/mol. The van der Waals surface area contributed by atoms with Crippen LogP contribution in [0.4, 0.5) is 4.39 Å². The number of piperidine rings is 2. The highest BCUT2D eigenvalue weighted by atomic mass is 32.2. The van der Waals surface area contributed by atoms with E-state index in [2.05, 4.69) is 17.1 Å². The number of benzene rings is 1. The number of carbonyl (C=O) groups excluding carboxylic acids is 1. The Balaban J connectivity index is 1.47. The number of hydrogen-bond donors (Lipinski definition) is 1. The molecule has 2 aliphatic rings. The summed E-state index contributed by atoms with van der Waals surface area (Å²) in [5, 5.41) is 3.01. The number of nitrogens with one attached hydrogen (secondary N) is 1. The minimum absolute atomic E-state index is 0.0666. The van der Waals surface area contributed by atoms with Crippen molar-refractivity contribution in [1.29, 1.82) is 0 Å². The van der Waals surface area contributed by atoms with Crippen molar-refractivity contribution in [3.05, 3.63) is 30.1 Å². The van der Waals surface area contributed by atoms with Crippen molar-refractivity contribution >= 4 is 15.9 Å². The van der Waals surface area contributed by atoms with Crippen molar-refractivity contribution in [3.63, 3.8) is 0 Å². The SMILES string of the molecule is CC[C@H]1CCCCN1CCCNC(=O)[C@@H]1CCCN(S(=O)(=O)c2ccc(F)cc2)C1. The molecule has 0 aromatic heterocycles. The Morgan fingerprint density at radius 3 is 2.63 bits per heavy atom. The third-order valence-electron chi connectivity index (χ3n) is 6.35. The van der Waals surface area contributed by atoms with Crippen LogP contribution < -0.4 is 5.32 Å². The second-order valence-electron chi connectivity index (χ2n) is 8.39. The molecule has 0 aliphatic carbocycles. The predicted molar refractivity (Wildman–Crippen MR) is 115 cm³/mol.